The van der Waals surface area contributed by atoms with Crippen LogP contribution in [-0.4, -0.2) is 36.4 Å². The molecule has 3 N–H and O–H groups in total. The van der Waals surface area contributed by atoms with Crippen LogP contribution in [0.4, 0.5) is 18.9 Å². The molecule has 0 saturated heterocycles. The van der Waals surface area contributed by atoms with Crippen molar-refractivity contribution in [3.63, 3.8) is 0 Å². The van der Waals surface area contributed by atoms with E-state index >= 15 is 0 Å². The van der Waals surface area contributed by atoms with E-state index in [0.29, 0.717) is 29.1 Å². The van der Waals surface area contributed by atoms with Gasteiger partial charge in [0.25, 0.3) is 5.91 Å². The first-order valence-electron chi connectivity index (χ1n) is 10.8. The van der Waals surface area contributed by atoms with E-state index in [2.05, 4.69) is 36.4 Å². The second-order valence-corrected chi connectivity index (χ2v) is 9.82. The minimum Gasteiger partial charge on any atom is -0.365 e. The number of rotatable bonds is 7. The largest absolute Gasteiger partial charge is 0.433 e. The number of aryl methyl sites for hydroxylation is 2. The highest BCUT2D eigenvalue weighted by Gasteiger charge is 2.35. The van der Waals surface area contributed by atoms with Crippen LogP contribution in [0.1, 0.15) is 40.1 Å². The average molecular weight is 584 g/mol. The van der Waals surface area contributed by atoms with Crippen LogP contribution in [0, 0.1) is 13.8 Å². The predicted octanol–water partition coefficient (Wildman–Crippen LogP) is 4.90. The summed E-state index contributed by atoms with van der Waals surface area (Å²) in [6, 6.07) is 0.907. The van der Waals surface area contributed by atoms with E-state index in [-0.39, 0.29) is 39.3 Å². The standard InChI is InChI=1S/C22H21BrF3N7O2S/c1-4-32-10(2)13(8-28-32)12-7-15(22(24,25)26)30-21-17(12)18(19(36-21)20(27)35)31-16(34)5-6-33-11(3)14(23)9-29-33/h7-9H,4-6H2,1-3H3,(H2,27,35)(H,31,34). The molecule has 36 heavy (non-hydrogen) atoms. The second-order valence-electron chi connectivity index (χ2n) is 7.96. The van der Waals surface area contributed by atoms with Crippen LogP contribution in [0.15, 0.2) is 22.9 Å². The number of nitrogens with one attached hydrogen (secondary N) is 1. The van der Waals surface area contributed by atoms with Gasteiger partial charge in [0.05, 0.1) is 29.1 Å². The Kier molecular flexibility index (Phi) is 6.92. The van der Waals surface area contributed by atoms with E-state index < -0.39 is 23.7 Å². The van der Waals surface area contributed by atoms with E-state index in [1.807, 2.05) is 13.8 Å². The first-order valence-corrected chi connectivity index (χ1v) is 12.4. The van der Waals surface area contributed by atoms with Crippen LogP contribution in [-0.2, 0) is 24.1 Å². The van der Waals surface area contributed by atoms with E-state index in [0.717, 1.165) is 16.2 Å². The minimum atomic E-state index is -4.73. The molecule has 14 heteroatoms. The number of alkyl halides is 3. The van der Waals surface area contributed by atoms with Crippen molar-refractivity contribution < 1.29 is 22.8 Å². The van der Waals surface area contributed by atoms with E-state index in [4.69, 9.17) is 5.73 Å². The van der Waals surface area contributed by atoms with Gasteiger partial charge in [-0.3, -0.25) is 19.0 Å². The summed E-state index contributed by atoms with van der Waals surface area (Å²) in [5.41, 5.74) is 6.49. The molecule has 0 unspecified atom stereocenters. The van der Waals surface area contributed by atoms with Crippen molar-refractivity contribution >= 4 is 55.0 Å². The molecule has 0 aliphatic carbocycles. The molecule has 4 heterocycles. The van der Waals surface area contributed by atoms with E-state index in [9.17, 15) is 22.8 Å². The Balaban J connectivity index is 1.84. The third-order valence-electron chi connectivity index (χ3n) is 5.73. The molecule has 0 aliphatic heterocycles. The molecule has 2 amide bonds. The highest BCUT2D eigenvalue weighted by molar-refractivity contribution is 9.10. The normalized spacial score (nSPS) is 11.9. The molecule has 0 atom stereocenters. The Bertz CT molecular complexity index is 1490. The number of thiophene rings is 1. The summed E-state index contributed by atoms with van der Waals surface area (Å²) in [6.45, 7) is 6.18. The topological polar surface area (TPSA) is 121 Å². The summed E-state index contributed by atoms with van der Waals surface area (Å²) in [4.78, 5) is 28.7. The van der Waals surface area contributed by atoms with Gasteiger partial charge in [-0.2, -0.15) is 23.4 Å². The van der Waals surface area contributed by atoms with Crippen molar-refractivity contribution in [3.8, 4) is 11.1 Å². The third-order valence-corrected chi connectivity index (χ3v) is 7.60. The molecule has 0 aliphatic rings. The molecule has 0 saturated carbocycles. The number of carbonyl (C=O) groups is 2. The lowest BCUT2D eigenvalue weighted by molar-refractivity contribution is -0.140. The number of hydrogen-bond donors (Lipinski definition) is 2. The van der Waals surface area contributed by atoms with Gasteiger partial charge in [-0.15, -0.1) is 11.3 Å². The highest BCUT2D eigenvalue weighted by atomic mass is 79.9. The second kappa shape index (κ2) is 9.65. The maximum absolute atomic E-state index is 13.7. The fourth-order valence-electron chi connectivity index (χ4n) is 3.84. The fraction of sp³-hybridized carbons (Fsp3) is 0.318. The number of amides is 2. The van der Waals surface area contributed by atoms with Crippen molar-refractivity contribution in [2.45, 2.75) is 46.5 Å². The molecule has 0 fully saturated rings. The Morgan fingerprint density at radius 1 is 1.14 bits per heavy atom. The molecule has 4 aromatic rings. The van der Waals surface area contributed by atoms with Gasteiger partial charge in [0.1, 0.15) is 15.4 Å². The van der Waals surface area contributed by atoms with Crippen molar-refractivity contribution in [1.29, 1.82) is 0 Å². The van der Waals surface area contributed by atoms with Crippen LogP contribution in [0.3, 0.4) is 0 Å². The number of nitrogens with two attached hydrogens (primary N) is 1. The van der Waals surface area contributed by atoms with Crippen LogP contribution >= 0.6 is 27.3 Å². The van der Waals surface area contributed by atoms with E-state index in [1.165, 1.54) is 6.20 Å². The monoisotopic (exact) mass is 583 g/mol. The van der Waals surface area contributed by atoms with Gasteiger partial charge < -0.3 is 11.1 Å². The molecule has 4 rings (SSSR count). The minimum absolute atomic E-state index is 0.000688. The van der Waals surface area contributed by atoms with Crippen LogP contribution < -0.4 is 11.1 Å². The summed E-state index contributed by atoms with van der Waals surface area (Å²) in [7, 11) is 0. The van der Waals surface area contributed by atoms with Gasteiger partial charge in [0.2, 0.25) is 5.91 Å². The van der Waals surface area contributed by atoms with Gasteiger partial charge in [0.15, 0.2) is 0 Å². The van der Waals surface area contributed by atoms with E-state index in [1.54, 1.807) is 22.5 Å². The number of aromatic nitrogens is 5. The van der Waals surface area contributed by atoms with Crippen molar-refractivity contribution in [3.05, 3.63) is 44.9 Å². The zero-order valence-corrected chi connectivity index (χ0v) is 21.8. The number of fused-ring (bicyclic) bond motifs is 1. The molecule has 190 valence electrons. The molecule has 0 spiro atoms. The lowest BCUT2D eigenvalue weighted by Gasteiger charge is -2.12. The van der Waals surface area contributed by atoms with Crippen molar-refractivity contribution in [2.24, 2.45) is 5.73 Å². The lowest BCUT2D eigenvalue weighted by Crippen LogP contribution is -2.18. The third kappa shape index (κ3) is 4.74. The molecule has 0 bridgehead atoms. The molecule has 0 radical (unpaired) electrons. The Hall–Kier alpha value is -3.26. The predicted molar refractivity (Wildman–Crippen MR) is 133 cm³/mol. The van der Waals surface area contributed by atoms with Crippen LogP contribution in [0.2, 0.25) is 0 Å². The number of anilines is 1. The quantitative estimate of drug-likeness (QED) is 0.320. The number of halogens is 4. The first-order chi connectivity index (χ1) is 16.9. The van der Waals surface area contributed by atoms with Crippen molar-refractivity contribution in [1.82, 2.24) is 24.5 Å². The fourth-order valence-corrected chi connectivity index (χ4v) is 5.14. The molecule has 9 nitrogen and oxygen atoms in total. The summed E-state index contributed by atoms with van der Waals surface area (Å²) in [6.07, 6.45) is -1.66. The van der Waals surface area contributed by atoms with Gasteiger partial charge in [-0.25, -0.2) is 4.98 Å². The number of hydrogen-bond acceptors (Lipinski definition) is 6. The zero-order valence-electron chi connectivity index (χ0n) is 19.4. The highest BCUT2D eigenvalue weighted by Crippen LogP contribution is 2.44. The number of pyridine rings is 1. The number of carbonyl (C=O) groups excluding carboxylic acids is 2. The Morgan fingerprint density at radius 3 is 2.39 bits per heavy atom. The number of nitrogens with zero attached hydrogens (tertiary/aromatic N) is 5. The molecular weight excluding hydrogens is 563 g/mol. The lowest BCUT2D eigenvalue weighted by atomic mass is 10.0. The Morgan fingerprint density at radius 2 is 1.83 bits per heavy atom. The summed E-state index contributed by atoms with van der Waals surface area (Å²) >= 11 is 4.06. The smallest absolute Gasteiger partial charge is 0.365 e. The molecular formula is C22H21BrF3N7O2S. The molecule has 0 aromatic carbocycles. The number of primary amides is 1. The van der Waals surface area contributed by atoms with Crippen LogP contribution in [0.5, 0.6) is 0 Å². The average Bonchev–Trinajstić information content (AvgIpc) is 3.47. The summed E-state index contributed by atoms with van der Waals surface area (Å²) < 4.78 is 45.2. The summed E-state index contributed by atoms with van der Waals surface area (Å²) in [5, 5.41) is 11.3. The summed E-state index contributed by atoms with van der Waals surface area (Å²) in [5.74, 6) is -1.35. The van der Waals surface area contributed by atoms with Crippen LogP contribution in [0.25, 0.3) is 21.3 Å². The SMILES string of the molecule is CCn1ncc(-c2cc(C(F)(F)F)nc3sc(C(N)=O)c(NC(=O)CCn4ncc(Br)c4C)c23)c1C. The van der Waals surface area contributed by atoms with Gasteiger partial charge >= 0.3 is 6.18 Å². The maximum Gasteiger partial charge on any atom is 0.433 e. The maximum atomic E-state index is 13.7. The molecule has 4 aromatic heterocycles. The van der Waals surface area contributed by atoms with Crippen molar-refractivity contribution in [2.75, 3.05) is 5.32 Å². The van der Waals surface area contributed by atoms with Gasteiger partial charge in [0, 0.05) is 35.3 Å². The Labute approximate surface area is 215 Å². The first kappa shape index (κ1) is 25.8. The van der Waals surface area contributed by atoms with Gasteiger partial charge in [-0.05, 0) is 48.3 Å². The van der Waals surface area contributed by atoms with Gasteiger partial charge in [-0.1, -0.05) is 0 Å². The zero-order chi connectivity index (χ0) is 26.4.